The van der Waals surface area contributed by atoms with Gasteiger partial charge in [0, 0.05) is 24.7 Å². The Kier molecular flexibility index (Phi) is 3.79. The highest BCUT2D eigenvalue weighted by atomic mass is 16.2. The van der Waals surface area contributed by atoms with Crippen molar-refractivity contribution < 1.29 is 4.79 Å². The first-order valence-corrected chi connectivity index (χ1v) is 7.81. The summed E-state index contributed by atoms with van der Waals surface area (Å²) in [6.07, 6.45) is 7.94. The number of carbonyl (C=O) groups is 1. The average molecular weight is 272 g/mol. The molecule has 3 nitrogen and oxygen atoms in total. The summed E-state index contributed by atoms with van der Waals surface area (Å²) in [5, 5.41) is 0. The average Bonchev–Trinajstić information content (AvgIpc) is 2.93. The molecule has 0 radical (unpaired) electrons. The van der Waals surface area contributed by atoms with Crippen LogP contribution >= 0.6 is 0 Å². The highest BCUT2D eigenvalue weighted by molar-refractivity contribution is 5.94. The van der Waals surface area contributed by atoms with Crippen LogP contribution in [0.25, 0.3) is 0 Å². The molecule has 1 amide bonds. The van der Waals surface area contributed by atoms with Crippen LogP contribution in [0.1, 0.15) is 53.6 Å². The van der Waals surface area contributed by atoms with Crippen molar-refractivity contribution in [3.8, 4) is 0 Å². The van der Waals surface area contributed by atoms with E-state index in [0.29, 0.717) is 0 Å². The van der Waals surface area contributed by atoms with E-state index in [1.807, 2.05) is 18.0 Å². The summed E-state index contributed by atoms with van der Waals surface area (Å²) in [6.45, 7) is 0. The molecule has 2 aliphatic rings. The first-order chi connectivity index (χ1) is 9.66. The zero-order chi connectivity index (χ0) is 14.1. The maximum absolute atomic E-state index is 12.7. The fourth-order valence-corrected chi connectivity index (χ4v) is 3.68. The standard InChI is InChI=1S/C17H24N2O/c1-19(16-8-3-2-7-15(16)18)17(20)14-10-9-12-5-4-6-13(12)11-14/h9-11,15-16H,2-8,18H2,1H3. The summed E-state index contributed by atoms with van der Waals surface area (Å²) in [5.74, 6) is 0.127. The lowest BCUT2D eigenvalue weighted by Gasteiger charge is -2.36. The Morgan fingerprint density at radius 1 is 1.15 bits per heavy atom. The molecule has 0 bridgehead atoms. The van der Waals surface area contributed by atoms with Gasteiger partial charge in [0.25, 0.3) is 5.91 Å². The van der Waals surface area contributed by atoms with Crippen LogP contribution in [0.4, 0.5) is 0 Å². The SMILES string of the molecule is CN(C(=O)c1ccc2c(c1)CCC2)C1CCCCC1N. The van der Waals surface area contributed by atoms with Crippen LogP contribution in [0.5, 0.6) is 0 Å². The second kappa shape index (κ2) is 5.57. The van der Waals surface area contributed by atoms with E-state index in [1.165, 1.54) is 30.4 Å². The zero-order valence-corrected chi connectivity index (χ0v) is 12.3. The molecule has 2 aliphatic carbocycles. The highest BCUT2D eigenvalue weighted by Gasteiger charge is 2.29. The van der Waals surface area contributed by atoms with Crippen LogP contribution in [-0.4, -0.2) is 29.9 Å². The number of carbonyl (C=O) groups excluding carboxylic acids is 1. The normalized spacial score (nSPS) is 25.3. The summed E-state index contributed by atoms with van der Waals surface area (Å²) in [4.78, 5) is 14.5. The lowest BCUT2D eigenvalue weighted by molar-refractivity contribution is 0.0672. The predicted octanol–water partition coefficient (Wildman–Crippen LogP) is 2.52. The molecule has 3 rings (SSSR count). The van der Waals surface area contributed by atoms with E-state index in [0.717, 1.165) is 31.2 Å². The van der Waals surface area contributed by atoms with Crippen molar-refractivity contribution in [3.05, 3.63) is 34.9 Å². The van der Waals surface area contributed by atoms with Gasteiger partial charge >= 0.3 is 0 Å². The molecule has 1 saturated carbocycles. The maximum atomic E-state index is 12.7. The summed E-state index contributed by atoms with van der Waals surface area (Å²) in [6, 6.07) is 6.54. The van der Waals surface area contributed by atoms with Crippen LogP contribution in [-0.2, 0) is 12.8 Å². The van der Waals surface area contributed by atoms with Gasteiger partial charge in [-0.1, -0.05) is 18.9 Å². The topological polar surface area (TPSA) is 46.3 Å². The molecule has 0 aromatic heterocycles. The Labute approximate surface area is 121 Å². The van der Waals surface area contributed by atoms with Crippen molar-refractivity contribution in [2.75, 3.05) is 7.05 Å². The van der Waals surface area contributed by atoms with Crippen LogP contribution in [0, 0.1) is 0 Å². The molecule has 0 spiro atoms. The van der Waals surface area contributed by atoms with Crippen LogP contribution in [0.2, 0.25) is 0 Å². The van der Waals surface area contributed by atoms with E-state index in [1.54, 1.807) is 0 Å². The molecule has 108 valence electrons. The summed E-state index contributed by atoms with van der Waals surface area (Å²) in [7, 11) is 1.91. The molecule has 2 N–H and O–H groups in total. The second-order valence-electron chi connectivity index (χ2n) is 6.27. The molecule has 1 aromatic rings. The van der Waals surface area contributed by atoms with Gasteiger partial charge in [-0.3, -0.25) is 4.79 Å². The lowest BCUT2D eigenvalue weighted by Crippen LogP contribution is -2.50. The number of amides is 1. The molecule has 3 heteroatoms. The van der Waals surface area contributed by atoms with Gasteiger partial charge in [-0.2, -0.15) is 0 Å². The molecule has 2 unspecified atom stereocenters. The van der Waals surface area contributed by atoms with E-state index >= 15 is 0 Å². The lowest BCUT2D eigenvalue weighted by atomic mass is 9.89. The Balaban J connectivity index is 1.77. The summed E-state index contributed by atoms with van der Waals surface area (Å²) in [5.41, 5.74) is 9.79. The van der Waals surface area contributed by atoms with Crippen LogP contribution < -0.4 is 5.73 Å². The van der Waals surface area contributed by atoms with Gasteiger partial charge in [-0.25, -0.2) is 0 Å². The monoisotopic (exact) mass is 272 g/mol. The van der Waals surface area contributed by atoms with E-state index in [2.05, 4.69) is 12.1 Å². The van der Waals surface area contributed by atoms with Crippen molar-refractivity contribution in [2.45, 2.75) is 57.0 Å². The van der Waals surface area contributed by atoms with Gasteiger partial charge in [0.05, 0.1) is 0 Å². The third-order valence-electron chi connectivity index (χ3n) is 4.94. The van der Waals surface area contributed by atoms with Gasteiger partial charge in [0.2, 0.25) is 0 Å². The number of likely N-dealkylation sites (N-methyl/N-ethyl adjacent to an activating group) is 1. The van der Waals surface area contributed by atoms with E-state index < -0.39 is 0 Å². The molecule has 0 heterocycles. The van der Waals surface area contributed by atoms with E-state index in [-0.39, 0.29) is 18.0 Å². The third-order valence-corrected chi connectivity index (χ3v) is 4.94. The minimum Gasteiger partial charge on any atom is -0.337 e. The molecule has 2 atom stereocenters. The second-order valence-corrected chi connectivity index (χ2v) is 6.27. The quantitative estimate of drug-likeness (QED) is 0.899. The highest BCUT2D eigenvalue weighted by Crippen LogP contribution is 2.25. The molecular weight excluding hydrogens is 248 g/mol. The minimum absolute atomic E-state index is 0.127. The maximum Gasteiger partial charge on any atom is 0.253 e. The van der Waals surface area contributed by atoms with E-state index in [4.69, 9.17) is 5.73 Å². The fourth-order valence-electron chi connectivity index (χ4n) is 3.68. The van der Waals surface area contributed by atoms with Crippen LogP contribution in [0.3, 0.4) is 0 Å². The van der Waals surface area contributed by atoms with Crippen molar-refractivity contribution in [2.24, 2.45) is 5.73 Å². The Morgan fingerprint density at radius 3 is 2.70 bits per heavy atom. The molecule has 0 aliphatic heterocycles. The number of nitrogens with zero attached hydrogens (tertiary/aromatic N) is 1. The van der Waals surface area contributed by atoms with Crippen molar-refractivity contribution in [1.82, 2.24) is 4.90 Å². The van der Waals surface area contributed by atoms with Crippen molar-refractivity contribution >= 4 is 5.91 Å². The van der Waals surface area contributed by atoms with Gasteiger partial charge in [0.1, 0.15) is 0 Å². The number of fused-ring (bicyclic) bond motifs is 1. The minimum atomic E-state index is 0.127. The number of aryl methyl sites for hydroxylation is 2. The number of nitrogens with two attached hydrogens (primary N) is 1. The molecular formula is C17H24N2O. The first-order valence-electron chi connectivity index (χ1n) is 7.81. The number of benzene rings is 1. The van der Waals surface area contributed by atoms with Gasteiger partial charge in [-0.05, 0) is 55.4 Å². The predicted molar refractivity (Wildman–Crippen MR) is 80.8 cm³/mol. The van der Waals surface area contributed by atoms with Crippen molar-refractivity contribution in [3.63, 3.8) is 0 Å². The Morgan fingerprint density at radius 2 is 1.90 bits per heavy atom. The summed E-state index contributed by atoms with van der Waals surface area (Å²) < 4.78 is 0. The molecule has 1 fully saturated rings. The number of rotatable bonds is 2. The van der Waals surface area contributed by atoms with Crippen molar-refractivity contribution in [1.29, 1.82) is 0 Å². The molecule has 1 aromatic carbocycles. The largest absolute Gasteiger partial charge is 0.337 e. The van der Waals surface area contributed by atoms with Gasteiger partial charge in [-0.15, -0.1) is 0 Å². The zero-order valence-electron chi connectivity index (χ0n) is 12.3. The number of hydrogen-bond donors (Lipinski definition) is 1. The summed E-state index contributed by atoms with van der Waals surface area (Å²) >= 11 is 0. The van der Waals surface area contributed by atoms with Gasteiger partial charge in [0.15, 0.2) is 0 Å². The number of hydrogen-bond acceptors (Lipinski definition) is 2. The van der Waals surface area contributed by atoms with Crippen LogP contribution in [0.15, 0.2) is 18.2 Å². The molecule has 20 heavy (non-hydrogen) atoms. The molecule has 0 saturated heterocycles. The first kappa shape index (κ1) is 13.6. The third kappa shape index (κ3) is 2.47. The van der Waals surface area contributed by atoms with E-state index in [9.17, 15) is 4.79 Å². The Hall–Kier alpha value is -1.35. The Bertz CT molecular complexity index is 512. The fraction of sp³-hybridized carbons (Fsp3) is 0.588. The van der Waals surface area contributed by atoms with Gasteiger partial charge < -0.3 is 10.6 Å². The smallest absolute Gasteiger partial charge is 0.253 e.